The summed E-state index contributed by atoms with van der Waals surface area (Å²) in [6.45, 7) is 2.62. The van der Waals surface area contributed by atoms with Crippen LogP contribution in [0, 0.1) is 0 Å². The van der Waals surface area contributed by atoms with E-state index in [2.05, 4.69) is 4.98 Å². The molecule has 0 spiro atoms. The molecule has 4 heteroatoms. The number of fused-ring (bicyclic) bond motifs is 1. The van der Waals surface area contributed by atoms with Gasteiger partial charge < -0.3 is 9.47 Å². The van der Waals surface area contributed by atoms with E-state index >= 15 is 0 Å². The van der Waals surface area contributed by atoms with Gasteiger partial charge in [0.25, 0.3) is 0 Å². The Balaban J connectivity index is 1.80. The van der Waals surface area contributed by atoms with Gasteiger partial charge in [0, 0.05) is 11.6 Å². The average Bonchev–Trinajstić information content (AvgIpc) is 2.60. The molecule has 1 aromatic heterocycles. The standard InChI is InChI=1S/C19H17NO3/c1-2-22-19(21)16-10-15-11-17(8-9-18(15)20-12-16)23-13-14-6-4-3-5-7-14/h3-12H,2,13H2,1H3. The van der Waals surface area contributed by atoms with Crippen molar-refractivity contribution in [1.82, 2.24) is 4.98 Å². The van der Waals surface area contributed by atoms with Crippen LogP contribution in [0.2, 0.25) is 0 Å². The molecule has 3 aromatic rings. The summed E-state index contributed by atoms with van der Waals surface area (Å²) < 4.78 is 10.8. The molecule has 0 saturated carbocycles. The third kappa shape index (κ3) is 3.66. The molecule has 116 valence electrons. The normalized spacial score (nSPS) is 10.5. The number of carbonyl (C=O) groups is 1. The number of esters is 1. The van der Waals surface area contributed by atoms with Crippen molar-refractivity contribution in [3.8, 4) is 5.75 Å². The lowest BCUT2D eigenvalue weighted by atomic mass is 10.1. The molecular formula is C19H17NO3. The lowest BCUT2D eigenvalue weighted by molar-refractivity contribution is 0.0526. The Bertz CT molecular complexity index is 815. The highest BCUT2D eigenvalue weighted by atomic mass is 16.5. The van der Waals surface area contributed by atoms with Gasteiger partial charge in [-0.15, -0.1) is 0 Å². The quantitative estimate of drug-likeness (QED) is 0.669. The number of nitrogens with zero attached hydrogens (tertiary/aromatic N) is 1. The van der Waals surface area contributed by atoms with Gasteiger partial charge in [-0.25, -0.2) is 4.79 Å². The van der Waals surface area contributed by atoms with Crippen molar-refractivity contribution in [3.05, 3.63) is 71.9 Å². The molecule has 0 aliphatic carbocycles. The topological polar surface area (TPSA) is 48.4 Å². The molecule has 4 nitrogen and oxygen atoms in total. The van der Waals surface area contributed by atoms with Gasteiger partial charge >= 0.3 is 5.97 Å². The van der Waals surface area contributed by atoms with Gasteiger partial charge in [-0.1, -0.05) is 30.3 Å². The van der Waals surface area contributed by atoms with E-state index in [0.29, 0.717) is 18.8 Å². The molecule has 0 bridgehead atoms. The number of hydrogen-bond donors (Lipinski definition) is 0. The number of benzene rings is 2. The third-order valence-corrected chi connectivity index (χ3v) is 3.41. The number of ether oxygens (including phenoxy) is 2. The van der Waals surface area contributed by atoms with E-state index in [-0.39, 0.29) is 5.97 Å². The fourth-order valence-electron chi connectivity index (χ4n) is 2.27. The zero-order chi connectivity index (χ0) is 16.1. The first-order valence-corrected chi connectivity index (χ1v) is 7.50. The van der Waals surface area contributed by atoms with Crippen LogP contribution in [-0.4, -0.2) is 17.6 Å². The summed E-state index contributed by atoms with van der Waals surface area (Å²) in [4.78, 5) is 16.1. The summed E-state index contributed by atoms with van der Waals surface area (Å²) in [7, 11) is 0. The van der Waals surface area contributed by atoms with E-state index in [1.165, 1.54) is 6.20 Å². The second-order valence-corrected chi connectivity index (χ2v) is 5.07. The maximum absolute atomic E-state index is 11.8. The minimum Gasteiger partial charge on any atom is -0.489 e. The molecule has 0 fully saturated rings. The van der Waals surface area contributed by atoms with Crippen LogP contribution in [0.5, 0.6) is 5.75 Å². The van der Waals surface area contributed by atoms with Crippen molar-refractivity contribution in [1.29, 1.82) is 0 Å². The highest BCUT2D eigenvalue weighted by Gasteiger charge is 2.08. The number of carbonyl (C=O) groups excluding carboxylic acids is 1. The molecular weight excluding hydrogens is 290 g/mol. The molecule has 2 aromatic carbocycles. The van der Waals surface area contributed by atoms with Crippen molar-refractivity contribution in [2.45, 2.75) is 13.5 Å². The Morgan fingerprint density at radius 3 is 2.70 bits per heavy atom. The number of rotatable bonds is 5. The Morgan fingerprint density at radius 1 is 1.09 bits per heavy atom. The molecule has 1 heterocycles. The Kier molecular flexibility index (Phi) is 4.52. The van der Waals surface area contributed by atoms with Crippen LogP contribution in [-0.2, 0) is 11.3 Å². The monoisotopic (exact) mass is 307 g/mol. The summed E-state index contributed by atoms with van der Waals surface area (Å²) in [5, 5.41) is 0.848. The van der Waals surface area contributed by atoms with Crippen LogP contribution in [0.4, 0.5) is 0 Å². The number of pyridine rings is 1. The van der Waals surface area contributed by atoms with Crippen LogP contribution in [0.3, 0.4) is 0 Å². The highest BCUT2D eigenvalue weighted by Crippen LogP contribution is 2.21. The maximum atomic E-state index is 11.8. The fourth-order valence-corrected chi connectivity index (χ4v) is 2.27. The second-order valence-electron chi connectivity index (χ2n) is 5.07. The second kappa shape index (κ2) is 6.92. The predicted octanol–water partition coefficient (Wildman–Crippen LogP) is 3.99. The van der Waals surface area contributed by atoms with Gasteiger partial charge in [0.2, 0.25) is 0 Å². The highest BCUT2D eigenvalue weighted by molar-refractivity contribution is 5.93. The smallest absolute Gasteiger partial charge is 0.339 e. The van der Waals surface area contributed by atoms with Crippen molar-refractivity contribution >= 4 is 16.9 Å². The van der Waals surface area contributed by atoms with Crippen LogP contribution < -0.4 is 4.74 Å². The third-order valence-electron chi connectivity index (χ3n) is 3.41. The van der Waals surface area contributed by atoms with E-state index < -0.39 is 0 Å². The number of aromatic nitrogens is 1. The van der Waals surface area contributed by atoms with E-state index in [1.54, 1.807) is 13.0 Å². The fraction of sp³-hybridized carbons (Fsp3) is 0.158. The van der Waals surface area contributed by atoms with E-state index in [4.69, 9.17) is 9.47 Å². The number of hydrogen-bond acceptors (Lipinski definition) is 4. The molecule has 0 saturated heterocycles. The van der Waals surface area contributed by atoms with E-state index in [1.807, 2.05) is 48.5 Å². The lowest BCUT2D eigenvalue weighted by Crippen LogP contribution is -2.05. The van der Waals surface area contributed by atoms with Gasteiger partial charge in [0.15, 0.2) is 0 Å². The molecule has 23 heavy (non-hydrogen) atoms. The average molecular weight is 307 g/mol. The maximum Gasteiger partial charge on any atom is 0.339 e. The van der Waals surface area contributed by atoms with Crippen molar-refractivity contribution < 1.29 is 14.3 Å². The molecule has 0 amide bonds. The van der Waals surface area contributed by atoms with Crippen molar-refractivity contribution in [3.63, 3.8) is 0 Å². The zero-order valence-corrected chi connectivity index (χ0v) is 12.9. The first kappa shape index (κ1) is 15.0. The minimum atomic E-state index is -0.363. The summed E-state index contributed by atoms with van der Waals surface area (Å²) >= 11 is 0. The summed E-state index contributed by atoms with van der Waals surface area (Å²) in [6, 6.07) is 17.4. The van der Waals surface area contributed by atoms with Crippen molar-refractivity contribution in [2.24, 2.45) is 0 Å². The molecule has 0 atom stereocenters. The minimum absolute atomic E-state index is 0.344. The predicted molar refractivity (Wildman–Crippen MR) is 88.5 cm³/mol. The summed E-state index contributed by atoms with van der Waals surface area (Å²) in [5.74, 6) is 0.377. The van der Waals surface area contributed by atoms with E-state index in [9.17, 15) is 4.79 Å². The molecule has 0 unspecified atom stereocenters. The summed E-state index contributed by atoms with van der Waals surface area (Å²) in [5.41, 5.74) is 2.36. The van der Waals surface area contributed by atoms with Gasteiger partial charge in [-0.2, -0.15) is 0 Å². The Morgan fingerprint density at radius 2 is 1.91 bits per heavy atom. The molecule has 0 aliphatic rings. The summed E-state index contributed by atoms with van der Waals surface area (Å²) in [6.07, 6.45) is 1.53. The van der Waals surface area contributed by atoms with Gasteiger partial charge in [-0.3, -0.25) is 4.98 Å². The lowest BCUT2D eigenvalue weighted by Gasteiger charge is -2.08. The van der Waals surface area contributed by atoms with Gasteiger partial charge in [0.1, 0.15) is 12.4 Å². The Labute approximate surface area is 134 Å². The Hall–Kier alpha value is -2.88. The van der Waals surface area contributed by atoms with Crippen LogP contribution in [0.15, 0.2) is 60.8 Å². The first-order valence-electron chi connectivity index (χ1n) is 7.50. The SMILES string of the molecule is CCOC(=O)c1cnc2ccc(OCc3ccccc3)cc2c1. The molecule has 0 N–H and O–H groups in total. The first-order chi connectivity index (χ1) is 11.3. The van der Waals surface area contributed by atoms with Crippen LogP contribution in [0.1, 0.15) is 22.8 Å². The largest absolute Gasteiger partial charge is 0.489 e. The van der Waals surface area contributed by atoms with Crippen molar-refractivity contribution in [2.75, 3.05) is 6.61 Å². The van der Waals surface area contributed by atoms with Crippen LogP contribution >= 0.6 is 0 Å². The zero-order valence-electron chi connectivity index (χ0n) is 12.9. The molecule has 3 rings (SSSR count). The van der Waals surface area contributed by atoms with Gasteiger partial charge in [-0.05, 0) is 36.8 Å². The van der Waals surface area contributed by atoms with Crippen LogP contribution in [0.25, 0.3) is 10.9 Å². The molecule has 0 radical (unpaired) electrons. The molecule has 0 aliphatic heterocycles. The van der Waals surface area contributed by atoms with Gasteiger partial charge in [0.05, 0.1) is 17.7 Å². The van der Waals surface area contributed by atoms with E-state index in [0.717, 1.165) is 22.2 Å².